The molecule has 12 heavy (non-hydrogen) atoms. The summed E-state index contributed by atoms with van der Waals surface area (Å²) in [6.45, 7) is 6.63. The fraction of sp³-hybridized carbons (Fsp3) is 0.600. The van der Waals surface area contributed by atoms with Gasteiger partial charge in [0.25, 0.3) is 0 Å². The molecule has 0 N–H and O–H groups in total. The maximum Gasteiger partial charge on any atom is 0.241 e. The number of allylic oxidation sites excluding steroid dienone is 3. The van der Waals surface area contributed by atoms with Crippen LogP contribution in [0.1, 0.15) is 19.3 Å². The average Bonchev–Trinajstić information content (AvgIpc) is 2.02. The van der Waals surface area contributed by atoms with Crippen LogP contribution < -0.4 is 0 Å². The molecule has 2 heteroatoms. The second-order valence-electron chi connectivity index (χ2n) is 4.22. The molecule has 68 valence electrons. The van der Waals surface area contributed by atoms with Crippen molar-refractivity contribution in [1.29, 1.82) is 0 Å². The molecule has 0 aromatic heterocycles. The second kappa shape index (κ2) is 3.94. The lowest BCUT2D eigenvalue weighted by Gasteiger charge is -2.17. The van der Waals surface area contributed by atoms with E-state index in [0.29, 0.717) is 0 Å². The first-order chi connectivity index (χ1) is 5.58. The molecule has 0 saturated heterocycles. The van der Waals surface area contributed by atoms with E-state index in [2.05, 4.69) is 31.8 Å². The Morgan fingerprint density at radius 2 is 2.08 bits per heavy atom. The quantitative estimate of drug-likeness (QED) is 0.361. The fourth-order valence-electron chi connectivity index (χ4n) is 1.09. The Bertz CT molecular complexity index is 198. The van der Waals surface area contributed by atoms with E-state index in [4.69, 9.17) is 4.43 Å². The van der Waals surface area contributed by atoms with Gasteiger partial charge in [-0.05, 0) is 44.5 Å². The molecule has 0 aromatic rings. The molecule has 0 heterocycles. The molecule has 0 bridgehead atoms. The van der Waals surface area contributed by atoms with E-state index < -0.39 is 8.32 Å². The summed E-state index contributed by atoms with van der Waals surface area (Å²) in [5.41, 5.74) is 1.44. The van der Waals surface area contributed by atoms with Crippen molar-refractivity contribution in [2.45, 2.75) is 38.9 Å². The van der Waals surface area contributed by atoms with Gasteiger partial charge in [-0.3, -0.25) is 0 Å². The summed E-state index contributed by atoms with van der Waals surface area (Å²) in [4.78, 5) is 0. The number of rotatable bonds is 2. The molecule has 0 spiro atoms. The third kappa shape index (κ3) is 3.76. The standard InChI is InChI=1S/C10H18OSi/c1-12(2,3)11-9-10-7-5-4-6-8-10/h4-5,9H,6-8H2,1-3H3/b10-9+. The highest BCUT2D eigenvalue weighted by atomic mass is 28.4. The molecule has 1 rings (SSSR count). The second-order valence-corrected chi connectivity index (χ2v) is 8.68. The first-order valence-electron chi connectivity index (χ1n) is 4.59. The third-order valence-electron chi connectivity index (χ3n) is 1.76. The lowest BCUT2D eigenvalue weighted by Crippen LogP contribution is -2.22. The first-order valence-corrected chi connectivity index (χ1v) is 7.99. The molecule has 0 atom stereocenters. The predicted molar refractivity (Wildman–Crippen MR) is 55.5 cm³/mol. The van der Waals surface area contributed by atoms with Gasteiger partial charge in [0.1, 0.15) is 0 Å². The van der Waals surface area contributed by atoms with Gasteiger partial charge < -0.3 is 4.43 Å². The lowest BCUT2D eigenvalue weighted by molar-refractivity contribution is 0.469. The highest BCUT2D eigenvalue weighted by Gasteiger charge is 2.13. The fourth-order valence-corrected chi connectivity index (χ4v) is 1.61. The highest BCUT2D eigenvalue weighted by molar-refractivity contribution is 6.69. The van der Waals surface area contributed by atoms with E-state index in [1.807, 2.05) is 6.26 Å². The Labute approximate surface area is 76.3 Å². The monoisotopic (exact) mass is 182 g/mol. The van der Waals surface area contributed by atoms with Gasteiger partial charge in [-0.15, -0.1) is 0 Å². The van der Waals surface area contributed by atoms with Gasteiger partial charge in [-0.2, -0.15) is 0 Å². The Kier molecular flexibility index (Phi) is 3.15. The smallest absolute Gasteiger partial charge is 0.241 e. The molecule has 0 unspecified atom stereocenters. The van der Waals surface area contributed by atoms with Crippen molar-refractivity contribution in [2.75, 3.05) is 0 Å². The van der Waals surface area contributed by atoms with Gasteiger partial charge >= 0.3 is 0 Å². The molecular formula is C10H18OSi. The van der Waals surface area contributed by atoms with E-state index in [9.17, 15) is 0 Å². The zero-order chi connectivity index (χ0) is 9.03. The van der Waals surface area contributed by atoms with Gasteiger partial charge in [-0.1, -0.05) is 12.2 Å². The maximum absolute atomic E-state index is 5.71. The summed E-state index contributed by atoms with van der Waals surface area (Å²) in [7, 11) is -1.34. The van der Waals surface area contributed by atoms with E-state index >= 15 is 0 Å². The number of hydrogen-bond acceptors (Lipinski definition) is 1. The van der Waals surface area contributed by atoms with Crippen LogP contribution in [0.5, 0.6) is 0 Å². The molecular weight excluding hydrogens is 164 g/mol. The lowest BCUT2D eigenvalue weighted by atomic mass is 10.0. The van der Waals surface area contributed by atoms with Crippen LogP contribution in [-0.4, -0.2) is 8.32 Å². The maximum atomic E-state index is 5.71. The van der Waals surface area contributed by atoms with Crippen molar-refractivity contribution in [3.05, 3.63) is 24.0 Å². The van der Waals surface area contributed by atoms with Crippen molar-refractivity contribution in [2.24, 2.45) is 0 Å². The van der Waals surface area contributed by atoms with Crippen LogP contribution in [0.2, 0.25) is 19.6 Å². The van der Waals surface area contributed by atoms with Crippen LogP contribution >= 0.6 is 0 Å². The summed E-state index contributed by atoms with van der Waals surface area (Å²) >= 11 is 0. The largest absolute Gasteiger partial charge is 0.550 e. The summed E-state index contributed by atoms with van der Waals surface area (Å²) < 4.78 is 5.71. The van der Waals surface area contributed by atoms with Gasteiger partial charge in [-0.25, -0.2) is 0 Å². The van der Waals surface area contributed by atoms with Crippen molar-refractivity contribution in [3.8, 4) is 0 Å². The molecule has 0 saturated carbocycles. The molecule has 0 fully saturated rings. The van der Waals surface area contributed by atoms with Crippen LogP contribution in [0.4, 0.5) is 0 Å². The molecule has 0 radical (unpaired) electrons. The topological polar surface area (TPSA) is 9.23 Å². The molecule has 1 nitrogen and oxygen atoms in total. The highest BCUT2D eigenvalue weighted by Crippen LogP contribution is 2.18. The molecule has 1 aliphatic carbocycles. The predicted octanol–water partition coefficient (Wildman–Crippen LogP) is 3.46. The van der Waals surface area contributed by atoms with Crippen LogP contribution in [0.15, 0.2) is 24.0 Å². The minimum absolute atomic E-state index is 1.09. The van der Waals surface area contributed by atoms with Crippen molar-refractivity contribution in [3.63, 3.8) is 0 Å². The molecule has 0 aliphatic heterocycles. The van der Waals surface area contributed by atoms with Crippen LogP contribution in [-0.2, 0) is 4.43 Å². The number of hydrogen-bond donors (Lipinski definition) is 0. The normalized spacial score (nSPS) is 21.4. The van der Waals surface area contributed by atoms with Crippen LogP contribution in [0, 0.1) is 0 Å². The SMILES string of the molecule is C[Si](C)(C)O/C=C1\CC=CCC1. The third-order valence-corrected chi connectivity index (χ3v) is 2.58. The Hall–Kier alpha value is -0.503. The molecule has 1 aliphatic rings. The van der Waals surface area contributed by atoms with Crippen molar-refractivity contribution < 1.29 is 4.43 Å². The van der Waals surface area contributed by atoms with Gasteiger partial charge in [0, 0.05) is 0 Å². The average molecular weight is 182 g/mol. The van der Waals surface area contributed by atoms with E-state index in [0.717, 1.165) is 6.42 Å². The van der Waals surface area contributed by atoms with Crippen molar-refractivity contribution >= 4 is 8.32 Å². The van der Waals surface area contributed by atoms with Crippen LogP contribution in [0.3, 0.4) is 0 Å². The Balaban J connectivity index is 2.41. The molecule has 0 amide bonds. The van der Waals surface area contributed by atoms with E-state index in [1.54, 1.807) is 0 Å². The summed E-state index contributed by atoms with van der Waals surface area (Å²) in [5.74, 6) is 0. The first kappa shape index (κ1) is 9.58. The van der Waals surface area contributed by atoms with E-state index in [-0.39, 0.29) is 0 Å². The van der Waals surface area contributed by atoms with Crippen molar-refractivity contribution in [1.82, 2.24) is 0 Å². The van der Waals surface area contributed by atoms with E-state index in [1.165, 1.54) is 18.4 Å². The zero-order valence-electron chi connectivity index (χ0n) is 8.26. The Morgan fingerprint density at radius 1 is 1.33 bits per heavy atom. The Morgan fingerprint density at radius 3 is 2.58 bits per heavy atom. The zero-order valence-corrected chi connectivity index (χ0v) is 9.26. The minimum atomic E-state index is -1.34. The van der Waals surface area contributed by atoms with Gasteiger partial charge in [0.05, 0.1) is 6.26 Å². The minimum Gasteiger partial charge on any atom is -0.550 e. The van der Waals surface area contributed by atoms with Crippen LogP contribution in [0.25, 0.3) is 0 Å². The summed E-state index contributed by atoms with van der Waals surface area (Å²) in [6.07, 6.45) is 9.91. The molecule has 0 aromatic carbocycles. The summed E-state index contributed by atoms with van der Waals surface area (Å²) in [5, 5.41) is 0. The van der Waals surface area contributed by atoms with Gasteiger partial charge in [0.15, 0.2) is 0 Å². The van der Waals surface area contributed by atoms with Gasteiger partial charge in [0.2, 0.25) is 8.32 Å². The summed E-state index contributed by atoms with van der Waals surface area (Å²) in [6, 6.07) is 0.